The van der Waals surface area contributed by atoms with E-state index in [2.05, 4.69) is 5.32 Å². The predicted octanol–water partition coefficient (Wildman–Crippen LogP) is 6.34. The molecule has 0 saturated carbocycles. The third-order valence-electron chi connectivity index (χ3n) is 5.68. The molecule has 1 aromatic heterocycles. The van der Waals surface area contributed by atoms with E-state index in [1.54, 1.807) is 0 Å². The molecule has 0 bridgehead atoms. The molecule has 1 amide bonds. The van der Waals surface area contributed by atoms with Gasteiger partial charge in [0.25, 0.3) is 0 Å². The first-order valence-corrected chi connectivity index (χ1v) is 10.5. The van der Waals surface area contributed by atoms with Gasteiger partial charge in [-0.3, -0.25) is 4.79 Å². The molecule has 0 radical (unpaired) electrons. The highest BCUT2D eigenvalue weighted by molar-refractivity contribution is 6.05. The minimum Gasteiger partial charge on any atom is -0.493 e. The second-order valence-electron chi connectivity index (χ2n) is 7.84. The van der Waals surface area contributed by atoms with Gasteiger partial charge in [0.2, 0.25) is 5.91 Å². The lowest BCUT2D eigenvalue weighted by atomic mass is 9.93. The Morgan fingerprint density at radius 1 is 1.23 bits per heavy atom. The molecule has 2 aromatic carbocycles. The van der Waals surface area contributed by atoms with Crippen LogP contribution in [0.25, 0.3) is 16.5 Å². The molecule has 1 aliphatic rings. The molecule has 4 rings (SSSR count). The van der Waals surface area contributed by atoms with Gasteiger partial charge in [-0.15, -0.1) is 0 Å². The number of amides is 1. The van der Waals surface area contributed by atoms with Crippen molar-refractivity contribution in [3.05, 3.63) is 64.4 Å². The lowest BCUT2D eigenvalue weighted by Gasteiger charge is -2.15. The molecule has 1 N–H and O–H groups in total. The molecular formula is C25H25F2NO3. The Morgan fingerprint density at radius 2 is 2.00 bits per heavy atom. The summed E-state index contributed by atoms with van der Waals surface area (Å²) >= 11 is 0. The van der Waals surface area contributed by atoms with Gasteiger partial charge in [0.1, 0.15) is 28.7 Å². The molecule has 4 nitrogen and oxygen atoms in total. The summed E-state index contributed by atoms with van der Waals surface area (Å²) in [6.45, 7) is 6.16. The van der Waals surface area contributed by atoms with E-state index in [1.807, 2.05) is 26.8 Å². The normalized spacial score (nSPS) is 13.9. The van der Waals surface area contributed by atoms with Gasteiger partial charge in [-0.05, 0) is 63.8 Å². The van der Waals surface area contributed by atoms with E-state index < -0.39 is 17.5 Å². The summed E-state index contributed by atoms with van der Waals surface area (Å²) in [6.07, 6.45) is 5.56. The predicted molar refractivity (Wildman–Crippen MR) is 117 cm³/mol. The van der Waals surface area contributed by atoms with Gasteiger partial charge in [-0.2, -0.15) is 0 Å². The summed E-state index contributed by atoms with van der Waals surface area (Å²) in [7, 11) is 0. The van der Waals surface area contributed by atoms with E-state index in [4.69, 9.17) is 9.15 Å². The van der Waals surface area contributed by atoms with Crippen LogP contribution >= 0.6 is 0 Å². The maximum Gasteiger partial charge on any atom is 0.248 e. The molecule has 3 aromatic rings. The molecule has 0 saturated heterocycles. The average Bonchev–Trinajstić information content (AvgIpc) is 3.11. The van der Waals surface area contributed by atoms with Crippen molar-refractivity contribution in [3.63, 3.8) is 0 Å². The number of fused-ring (bicyclic) bond motifs is 3. The summed E-state index contributed by atoms with van der Waals surface area (Å²) in [5, 5.41) is 3.53. The highest BCUT2D eigenvalue weighted by atomic mass is 19.1. The number of carbonyl (C=O) groups excluding carboxylic acids is 1. The van der Waals surface area contributed by atoms with E-state index in [0.29, 0.717) is 17.9 Å². The van der Waals surface area contributed by atoms with Crippen LogP contribution in [-0.2, 0) is 17.6 Å². The molecular weight excluding hydrogens is 400 g/mol. The molecule has 0 spiro atoms. The fraction of sp³-hybridized carbons (Fsp3) is 0.320. The van der Waals surface area contributed by atoms with Crippen LogP contribution in [0.3, 0.4) is 0 Å². The Balaban J connectivity index is 1.74. The monoisotopic (exact) mass is 425 g/mol. The zero-order valence-electron chi connectivity index (χ0n) is 17.9. The first-order chi connectivity index (χ1) is 14.9. The van der Waals surface area contributed by atoms with Crippen LogP contribution in [0.15, 0.2) is 34.8 Å². The van der Waals surface area contributed by atoms with Crippen molar-refractivity contribution in [2.45, 2.75) is 46.5 Å². The number of anilines is 1. The van der Waals surface area contributed by atoms with Crippen molar-refractivity contribution in [1.29, 1.82) is 0 Å². The summed E-state index contributed by atoms with van der Waals surface area (Å²) < 4.78 is 39.1. The van der Waals surface area contributed by atoms with Gasteiger partial charge in [0, 0.05) is 40.6 Å². The lowest BCUT2D eigenvalue weighted by molar-refractivity contribution is -0.111. The highest BCUT2D eigenvalue weighted by Gasteiger charge is 2.23. The van der Waals surface area contributed by atoms with Crippen molar-refractivity contribution in [3.8, 4) is 5.75 Å². The number of allylic oxidation sites excluding steroid dienone is 1. The third kappa shape index (κ3) is 4.07. The molecule has 0 aliphatic heterocycles. The van der Waals surface area contributed by atoms with Crippen molar-refractivity contribution < 1.29 is 22.7 Å². The van der Waals surface area contributed by atoms with Crippen molar-refractivity contribution >= 4 is 28.1 Å². The number of ether oxygens (including phenoxy) is 1. The van der Waals surface area contributed by atoms with E-state index in [-0.39, 0.29) is 5.69 Å². The lowest BCUT2D eigenvalue weighted by Crippen LogP contribution is -2.10. The number of rotatable bonds is 5. The standard InChI is InChI=1S/C25H25F2NO3/c1-4-30-24-15(3)25-19(17-7-5-6-8-22(17)31-25)13-18(24)14(2)11-23(29)28-21-10-9-16(26)12-20(21)27/h9-13H,4-8H2,1-3H3,(H,28,29)/b14-11+. The summed E-state index contributed by atoms with van der Waals surface area (Å²) in [4.78, 5) is 12.5. The van der Waals surface area contributed by atoms with E-state index in [9.17, 15) is 13.6 Å². The van der Waals surface area contributed by atoms with Crippen molar-refractivity contribution in [2.24, 2.45) is 0 Å². The van der Waals surface area contributed by atoms with Crippen LogP contribution in [0.5, 0.6) is 5.75 Å². The quantitative estimate of drug-likeness (QED) is 0.486. The van der Waals surface area contributed by atoms with Gasteiger partial charge >= 0.3 is 0 Å². The van der Waals surface area contributed by atoms with Gasteiger partial charge < -0.3 is 14.5 Å². The number of halogens is 2. The number of nitrogens with one attached hydrogen (secondary N) is 1. The molecule has 0 fully saturated rings. The summed E-state index contributed by atoms with van der Waals surface area (Å²) in [5.41, 5.74) is 4.39. The number of carbonyl (C=O) groups is 1. The fourth-order valence-electron chi connectivity index (χ4n) is 4.19. The van der Waals surface area contributed by atoms with Crippen LogP contribution in [0, 0.1) is 18.6 Å². The smallest absolute Gasteiger partial charge is 0.248 e. The van der Waals surface area contributed by atoms with Crippen LogP contribution in [0.1, 0.15) is 49.1 Å². The van der Waals surface area contributed by atoms with Gasteiger partial charge in [0.05, 0.1) is 12.3 Å². The van der Waals surface area contributed by atoms with Crippen LogP contribution < -0.4 is 10.1 Å². The van der Waals surface area contributed by atoms with Crippen molar-refractivity contribution in [2.75, 3.05) is 11.9 Å². The highest BCUT2D eigenvalue weighted by Crippen LogP contribution is 2.41. The number of aryl methyl sites for hydroxylation is 3. The average molecular weight is 425 g/mol. The molecule has 1 heterocycles. The maximum atomic E-state index is 13.9. The van der Waals surface area contributed by atoms with E-state index in [1.165, 1.54) is 17.7 Å². The first kappa shape index (κ1) is 21.1. The number of benzene rings is 2. The van der Waals surface area contributed by atoms with Crippen LogP contribution in [0.2, 0.25) is 0 Å². The number of hydrogen-bond donors (Lipinski definition) is 1. The summed E-state index contributed by atoms with van der Waals surface area (Å²) in [6, 6.07) is 5.06. The minimum absolute atomic E-state index is 0.0731. The Kier molecular flexibility index (Phi) is 5.81. The largest absolute Gasteiger partial charge is 0.493 e. The van der Waals surface area contributed by atoms with Gasteiger partial charge in [-0.1, -0.05) is 0 Å². The number of furan rings is 1. The van der Waals surface area contributed by atoms with Crippen LogP contribution in [0.4, 0.5) is 14.5 Å². The minimum atomic E-state index is -0.823. The van der Waals surface area contributed by atoms with Crippen molar-refractivity contribution in [1.82, 2.24) is 0 Å². The molecule has 6 heteroatoms. The van der Waals surface area contributed by atoms with Crippen LogP contribution in [-0.4, -0.2) is 12.5 Å². The molecule has 0 atom stereocenters. The van der Waals surface area contributed by atoms with E-state index in [0.717, 1.165) is 65.7 Å². The third-order valence-corrected chi connectivity index (χ3v) is 5.68. The Labute approximate surface area is 179 Å². The second-order valence-corrected chi connectivity index (χ2v) is 7.84. The number of hydrogen-bond acceptors (Lipinski definition) is 3. The molecule has 1 aliphatic carbocycles. The molecule has 0 unspecified atom stereocenters. The molecule has 31 heavy (non-hydrogen) atoms. The second kappa shape index (κ2) is 8.53. The zero-order valence-corrected chi connectivity index (χ0v) is 17.9. The Morgan fingerprint density at radius 3 is 2.74 bits per heavy atom. The Bertz CT molecular complexity index is 1190. The first-order valence-electron chi connectivity index (χ1n) is 10.5. The fourth-order valence-corrected chi connectivity index (χ4v) is 4.19. The molecule has 162 valence electrons. The SMILES string of the molecule is CCOc1c(/C(C)=C/C(=O)Nc2ccc(F)cc2F)cc2c3c(oc2c1C)CCCC3. The Hall–Kier alpha value is -3.15. The zero-order chi connectivity index (χ0) is 22.1. The van der Waals surface area contributed by atoms with Gasteiger partial charge in [-0.25, -0.2) is 8.78 Å². The topological polar surface area (TPSA) is 51.5 Å². The van der Waals surface area contributed by atoms with E-state index >= 15 is 0 Å². The maximum absolute atomic E-state index is 13.9. The van der Waals surface area contributed by atoms with Gasteiger partial charge in [0.15, 0.2) is 0 Å². The summed E-state index contributed by atoms with van der Waals surface area (Å²) in [5.74, 6) is -0.310.